The molecule has 0 saturated carbocycles. The van der Waals surface area contributed by atoms with Crippen LogP contribution >= 0.6 is 0 Å². The lowest BCUT2D eigenvalue weighted by Gasteiger charge is -2.44. The SMILES string of the molecule is CC1CC(=O)N(C(C)CCS(C)=O)C(C)C1C(=O)O. The summed E-state index contributed by atoms with van der Waals surface area (Å²) in [6, 6.07) is -0.380. The summed E-state index contributed by atoms with van der Waals surface area (Å²) < 4.78 is 11.1. The molecule has 1 saturated heterocycles. The first-order chi connectivity index (χ1) is 8.75. The number of hydrogen-bond donors (Lipinski definition) is 1. The van der Waals surface area contributed by atoms with Gasteiger partial charge in [0.15, 0.2) is 0 Å². The normalized spacial score (nSPS) is 31.1. The fourth-order valence-electron chi connectivity index (χ4n) is 2.96. The molecule has 1 fully saturated rings. The van der Waals surface area contributed by atoms with Gasteiger partial charge in [-0.25, -0.2) is 0 Å². The van der Waals surface area contributed by atoms with E-state index >= 15 is 0 Å². The molecular weight excluding hydrogens is 266 g/mol. The fourth-order valence-corrected chi connectivity index (χ4v) is 3.63. The maximum Gasteiger partial charge on any atom is 0.308 e. The van der Waals surface area contributed by atoms with Crippen LogP contribution in [0.1, 0.15) is 33.6 Å². The molecule has 1 aliphatic rings. The Morgan fingerprint density at radius 1 is 1.53 bits per heavy atom. The Labute approximate surface area is 116 Å². The third-order valence-electron chi connectivity index (χ3n) is 3.94. The van der Waals surface area contributed by atoms with Crippen LogP contribution in [-0.4, -0.2) is 50.2 Å². The van der Waals surface area contributed by atoms with Gasteiger partial charge in [0.2, 0.25) is 5.91 Å². The Bertz CT molecular complexity index is 385. The molecule has 0 aromatic rings. The summed E-state index contributed by atoms with van der Waals surface area (Å²) in [5.74, 6) is -0.961. The van der Waals surface area contributed by atoms with E-state index < -0.39 is 22.7 Å². The second kappa shape index (κ2) is 6.50. The number of piperidine rings is 1. The van der Waals surface area contributed by atoms with Gasteiger partial charge >= 0.3 is 5.97 Å². The van der Waals surface area contributed by atoms with Crippen molar-refractivity contribution < 1.29 is 18.9 Å². The first kappa shape index (κ1) is 16.1. The predicted molar refractivity (Wildman–Crippen MR) is 74.2 cm³/mol. The molecule has 110 valence electrons. The number of amides is 1. The summed E-state index contributed by atoms with van der Waals surface area (Å²) in [7, 11) is -0.892. The smallest absolute Gasteiger partial charge is 0.308 e. The summed E-state index contributed by atoms with van der Waals surface area (Å²) in [5, 5.41) is 9.30. The molecule has 1 heterocycles. The van der Waals surface area contributed by atoms with Crippen LogP contribution in [0.15, 0.2) is 0 Å². The highest BCUT2D eigenvalue weighted by Crippen LogP contribution is 2.31. The zero-order valence-corrected chi connectivity index (χ0v) is 12.8. The minimum atomic E-state index is -0.892. The van der Waals surface area contributed by atoms with Gasteiger partial charge in [0.05, 0.1) is 5.92 Å². The Balaban J connectivity index is 2.83. The molecule has 1 amide bonds. The van der Waals surface area contributed by atoms with Crippen LogP contribution in [0.2, 0.25) is 0 Å². The molecule has 0 radical (unpaired) electrons. The summed E-state index contributed by atoms with van der Waals surface area (Å²) >= 11 is 0. The highest BCUT2D eigenvalue weighted by Gasteiger charge is 2.43. The van der Waals surface area contributed by atoms with Crippen molar-refractivity contribution in [1.29, 1.82) is 0 Å². The van der Waals surface area contributed by atoms with Crippen LogP contribution in [0.25, 0.3) is 0 Å². The number of carbonyl (C=O) groups excluding carboxylic acids is 1. The van der Waals surface area contributed by atoms with Crippen molar-refractivity contribution in [3.05, 3.63) is 0 Å². The molecule has 6 heteroatoms. The molecule has 5 nitrogen and oxygen atoms in total. The van der Waals surface area contributed by atoms with Gasteiger partial charge in [-0.15, -0.1) is 0 Å². The summed E-state index contributed by atoms with van der Waals surface area (Å²) in [6.45, 7) is 5.51. The van der Waals surface area contributed by atoms with Gasteiger partial charge in [-0.05, 0) is 26.2 Å². The van der Waals surface area contributed by atoms with E-state index in [1.807, 2.05) is 13.8 Å². The zero-order chi connectivity index (χ0) is 14.7. The second-order valence-electron chi connectivity index (χ2n) is 5.50. The van der Waals surface area contributed by atoms with Crippen molar-refractivity contribution in [2.75, 3.05) is 12.0 Å². The molecular formula is C13H23NO4S. The van der Waals surface area contributed by atoms with E-state index in [-0.39, 0.29) is 30.3 Å². The van der Waals surface area contributed by atoms with Crippen molar-refractivity contribution in [3.8, 4) is 0 Å². The van der Waals surface area contributed by atoms with E-state index in [2.05, 4.69) is 0 Å². The standard InChI is InChI=1S/C13H23NO4S/c1-8-7-11(15)14(9(2)5-6-19(4)18)10(3)12(8)13(16)17/h8-10,12H,5-7H2,1-4H3,(H,16,17). The molecule has 1 rings (SSSR count). The Kier molecular flexibility index (Phi) is 5.52. The van der Waals surface area contributed by atoms with E-state index in [0.717, 1.165) is 0 Å². The number of rotatable bonds is 5. The quantitative estimate of drug-likeness (QED) is 0.822. The maximum atomic E-state index is 12.1. The number of carboxylic acid groups (broad SMARTS) is 1. The maximum absolute atomic E-state index is 12.1. The molecule has 5 unspecified atom stereocenters. The molecule has 0 bridgehead atoms. The number of carboxylic acids is 1. The zero-order valence-electron chi connectivity index (χ0n) is 12.0. The lowest BCUT2D eigenvalue weighted by molar-refractivity contribution is -0.156. The Morgan fingerprint density at radius 2 is 2.11 bits per heavy atom. The van der Waals surface area contributed by atoms with Gasteiger partial charge in [0.25, 0.3) is 0 Å². The van der Waals surface area contributed by atoms with Crippen molar-refractivity contribution in [1.82, 2.24) is 4.90 Å². The fraction of sp³-hybridized carbons (Fsp3) is 0.846. The lowest BCUT2D eigenvalue weighted by atomic mass is 9.80. The molecule has 1 aliphatic heterocycles. The average molecular weight is 289 g/mol. The van der Waals surface area contributed by atoms with Crippen LogP contribution in [0, 0.1) is 11.8 Å². The largest absolute Gasteiger partial charge is 0.481 e. The first-order valence-corrected chi connectivity index (χ1v) is 8.32. The van der Waals surface area contributed by atoms with Crippen molar-refractivity contribution in [2.24, 2.45) is 11.8 Å². The monoisotopic (exact) mass is 289 g/mol. The Morgan fingerprint density at radius 3 is 2.58 bits per heavy atom. The van der Waals surface area contributed by atoms with E-state index in [9.17, 15) is 18.9 Å². The summed E-state index contributed by atoms with van der Waals surface area (Å²) in [5.41, 5.74) is 0. The first-order valence-electron chi connectivity index (χ1n) is 6.59. The van der Waals surface area contributed by atoms with Gasteiger partial charge in [0.1, 0.15) is 0 Å². The summed E-state index contributed by atoms with van der Waals surface area (Å²) in [6.07, 6.45) is 2.55. The van der Waals surface area contributed by atoms with Crippen LogP contribution in [0.3, 0.4) is 0 Å². The van der Waals surface area contributed by atoms with E-state index in [4.69, 9.17) is 0 Å². The molecule has 19 heavy (non-hydrogen) atoms. The molecule has 1 N–H and O–H groups in total. The highest BCUT2D eigenvalue weighted by atomic mass is 32.2. The minimum Gasteiger partial charge on any atom is -0.481 e. The number of likely N-dealkylation sites (tertiary alicyclic amines) is 1. The van der Waals surface area contributed by atoms with Gasteiger partial charge in [-0.2, -0.15) is 0 Å². The molecule has 0 spiro atoms. The summed E-state index contributed by atoms with van der Waals surface area (Å²) in [4.78, 5) is 25.1. The number of carbonyl (C=O) groups is 2. The highest BCUT2D eigenvalue weighted by molar-refractivity contribution is 7.84. The number of aliphatic carboxylic acids is 1. The van der Waals surface area contributed by atoms with Crippen LogP contribution in [-0.2, 0) is 20.4 Å². The molecule has 0 aromatic heterocycles. The molecule has 0 aliphatic carbocycles. The van der Waals surface area contributed by atoms with Crippen molar-refractivity contribution in [3.63, 3.8) is 0 Å². The third-order valence-corrected chi connectivity index (χ3v) is 4.75. The van der Waals surface area contributed by atoms with Gasteiger partial charge < -0.3 is 10.0 Å². The van der Waals surface area contributed by atoms with E-state index in [1.54, 1.807) is 18.1 Å². The van der Waals surface area contributed by atoms with Crippen LogP contribution in [0.5, 0.6) is 0 Å². The Hall–Kier alpha value is -0.910. The molecule has 5 atom stereocenters. The third kappa shape index (κ3) is 3.78. The van der Waals surface area contributed by atoms with E-state index in [1.165, 1.54) is 0 Å². The van der Waals surface area contributed by atoms with Crippen LogP contribution in [0.4, 0.5) is 0 Å². The number of hydrogen-bond acceptors (Lipinski definition) is 3. The van der Waals surface area contributed by atoms with Gasteiger partial charge in [0, 0.05) is 41.3 Å². The van der Waals surface area contributed by atoms with Crippen LogP contribution < -0.4 is 0 Å². The van der Waals surface area contributed by atoms with Crippen molar-refractivity contribution in [2.45, 2.75) is 45.7 Å². The number of nitrogens with zero attached hydrogens (tertiary/aromatic N) is 1. The van der Waals surface area contributed by atoms with Gasteiger partial charge in [-0.3, -0.25) is 13.8 Å². The van der Waals surface area contributed by atoms with Gasteiger partial charge in [-0.1, -0.05) is 6.92 Å². The average Bonchev–Trinajstić information content (AvgIpc) is 2.24. The second-order valence-corrected chi connectivity index (χ2v) is 7.06. The predicted octanol–water partition coefficient (Wildman–Crippen LogP) is 1.10. The minimum absolute atomic E-state index is 0.00638. The topological polar surface area (TPSA) is 74.7 Å². The molecule has 0 aromatic carbocycles. The van der Waals surface area contributed by atoms with Crippen molar-refractivity contribution >= 4 is 22.7 Å². The van der Waals surface area contributed by atoms with E-state index in [0.29, 0.717) is 12.2 Å². The lowest BCUT2D eigenvalue weighted by Crippen LogP contribution is -2.56.